The Labute approximate surface area is 191 Å². The summed E-state index contributed by atoms with van der Waals surface area (Å²) in [6.45, 7) is 8.99. The SMILES string of the molecule is CC1(OC(N)=O)CCN(c2cnc(Sc3ccc(N)cc3Cl)c(N)n2)C(C(C)(C)C)C1. The second-order valence-corrected chi connectivity index (χ2v) is 10.5. The Hall–Kier alpha value is -2.39. The molecule has 2 heterocycles. The molecular formula is C21H29ClN6O2S. The molecule has 0 radical (unpaired) electrons. The first-order valence-corrected chi connectivity index (χ1v) is 11.2. The molecule has 1 aliphatic heterocycles. The number of primary amides is 1. The normalized spacial score (nSPS) is 21.7. The maximum absolute atomic E-state index is 11.4. The zero-order valence-corrected chi connectivity index (χ0v) is 19.8. The van der Waals surface area contributed by atoms with Crippen molar-refractivity contribution < 1.29 is 9.53 Å². The van der Waals surface area contributed by atoms with Crippen LogP contribution in [-0.4, -0.2) is 34.2 Å². The van der Waals surface area contributed by atoms with Crippen molar-refractivity contribution in [3.05, 3.63) is 29.4 Å². The van der Waals surface area contributed by atoms with Gasteiger partial charge in [-0.15, -0.1) is 0 Å². The summed E-state index contributed by atoms with van der Waals surface area (Å²) in [7, 11) is 0. The standard InChI is InChI=1S/C21H29ClN6O2S/c1-20(2,3)15-10-21(4,30-19(25)29)7-8-28(15)16-11-26-18(17(24)27-16)31-14-6-5-12(23)9-13(14)22/h5-6,9,11,15H,7-8,10,23H2,1-4H3,(H2,24,27)(H2,25,29). The molecule has 1 aromatic heterocycles. The molecule has 10 heteroatoms. The van der Waals surface area contributed by atoms with E-state index in [1.54, 1.807) is 18.3 Å². The zero-order chi connectivity index (χ0) is 23.0. The predicted octanol–water partition coefficient (Wildman–Crippen LogP) is 4.31. The number of ether oxygens (including phenoxy) is 1. The lowest BCUT2D eigenvalue weighted by Crippen LogP contribution is -2.56. The van der Waals surface area contributed by atoms with E-state index in [2.05, 4.69) is 35.6 Å². The molecule has 0 saturated carbocycles. The Kier molecular flexibility index (Phi) is 6.48. The number of carbonyl (C=O) groups excluding carboxylic acids is 1. The summed E-state index contributed by atoms with van der Waals surface area (Å²) in [5, 5.41) is 1.11. The van der Waals surface area contributed by atoms with Crippen LogP contribution in [0.5, 0.6) is 0 Å². The van der Waals surface area contributed by atoms with Gasteiger partial charge in [-0.25, -0.2) is 14.8 Å². The number of aromatic nitrogens is 2. The number of anilines is 3. The maximum Gasteiger partial charge on any atom is 0.405 e. The number of benzene rings is 1. The van der Waals surface area contributed by atoms with Crippen LogP contribution in [-0.2, 0) is 4.74 Å². The first-order valence-electron chi connectivity index (χ1n) is 9.98. The molecule has 2 unspecified atom stereocenters. The summed E-state index contributed by atoms with van der Waals surface area (Å²) >= 11 is 7.62. The molecule has 6 N–H and O–H groups in total. The lowest BCUT2D eigenvalue weighted by molar-refractivity contribution is -0.00950. The van der Waals surface area contributed by atoms with Crippen LogP contribution >= 0.6 is 23.4 Å². The molecule has 8 nitrogen and oxygen atoms in total. The largest absolute Gasteiger partial charge is 0.443 e. The number of hydrogen-bond acceptors (Lipinski definition) is 8. The Bertz CT molecular complexity index is 983. The van der Waals surface area contributed by atoms with Crippen LogP contribution < -0.4 is 22.1 Å². The molecule has 31 heavy (non-hydrogen) atoms. The topological polar surface area (TPSA) is 133 Å². The fourth-order valence-electron chi connectivity index (χ4n) is 3.82. The van der Waals surface area contributed by atoms with Gasteiger partial charge < -0.3 is 26.8 Å². The van der Waals surface area contributed by atoms with E-state index < -0.39 is 11.7 Å². The number of halogens is 1. The average Bonchev–Trinajstić information content (AvgIpc) is 2.63. The number of carbonyl (C=O) groups is 1. The van der Waals surface area contributed by atoms with Crippen molar-refractivity contribution in [1.29, 1.82) is 0 Å². The number of nitrogen functional groups attached to an aromatic ring is 2. The van der Waals surface area contributed by atoms with Gasteiger partial charge in [0.25, 0.3) is 0 Å². The van der Waals surface area contributed by atoms with Crippen LogP contribution in [0.15, 0.2) is 34.3 Å². The Balaban J connectivity index is 1.86. The van der Waals surface area contributed by atoms with E-state index in [0.29, 0.717) is 46.8 Å². The molecule has 0 aliphatic carbocycles. The Morgan fingerprint density at radius 2 is 2.06 bits per heavy atom. The zero-order valence-electron chi connectivity index (χ0n) is 18.2. The number of hydrogen-bond donors (Lipinski definition) is 3. The van der Waals surface area contributed by atoms with Gasteiger partial charge in [-0.1, -0.05) is 44.1 Å². The van der Waals surface area contributed by atoms with E-state index in [1.165, 1.54) is 11.8 Å². The minimum absolute atomic E-state index is 0.0457. The van der Waals surface area contributed by atoms with E-state index in [4.69, 9.17) is 33.5 Å². The average molecular weight is 465 g/mol. The van der Waals surface area contributed by atoms with Crippen molar-refractivity contribution in [3.8, 4) is 0 Å². The quantitative estimate of drug-likeness (QED) is 0.569. The Morgan fingerprint density at radius 1 is 1.35 bits per heavy atom. The molecule has 1 amide bonds. The number of amides is 1. The molecule has 168 valence electrons. The van der Waals surface area contributed by atoms with E-state index in [-0.39, 0.29) is 11.5 Å². The summed E-state index contributed by atoms with van der Waals surface area (Å²) < 4.78 is 5.44. The highest BCUT2D eigenvalue weighted by Crippen LogP contribution is 2.41. The van der Waals surface area contributed by atoms with Crippen LogP contribution in [0, 0.1) is 5.41 Å². The summed E-state index contributed by atoms with van der Waals surface area (Å²) in [5.41, 5.74) is 17.2. The van der Waals surface area contributed by atoms with Crippen LogP contribution in [0.1, 0.15) is 40.5 Å². The van der Waals surface area contributed by atoms with Gasteiger partial charge in [0.2, 0.25) is 0 Å². The van der Waals surface area contributed by atoms with Gasteiger partial charge in [-0.05, 0) is 30.5 Å². The highest BCUT2D eigenvalue weighted by atomic mass is 35.5. The fraction of sp³-hybridized carbons (Fsp3) is 0.476. The second-order valence-electron chi connectivity index (χ2n) is 9.11. The minimum atomic E-state index is -0.754. The number of nitrogens with two attached hydrogens (primary N) is 3. The first-order chi connectivity index (χ1) is 14.4. The number of nitrogens with zero attached hydrogens (tertiary/aromatic N) is 3. The predicted molar refractivity (Wildman–Crippen MR) is 125 cm³/mol. The van der Waals surface area contributed by atoms with Crippen molar-refractivity contribution >= 4 is 46.8 Å². The van der Waals surface area contributed by atoms with Gasteiger partial charge in [0, 0.05) is 36.0 Å². The van der Waals surface area contributed by atoms with Crippen LogP contribution in [0.2, 0.25) is 5.02 Å². The molecule has 1 fully saturated rings. The Morgan fingerprint density at radius 3 is 2.65 bits per heavy atom. The summed E-state index contributed by atoms with van der Waals surface area (Å²) in [6, 6.07) is 5.34. The molecule has 0 spiro atoms. The van der Waals surface area contributed by atoms with Crippen molar-refractivity contribution in [3.63, 3.8) is 0 Å². The van der Waals surface area contributed by atoms with Gasteiger partial charge >= 0.3 is 6.09 Å². The van der Waals surface area contributed by atoms with Crippen LogP contribution in [0.4, 0.5) is 22.1 Å². The van der Waals surface area contributed by atoms with E-state index in [1.807, 2.05) is 13.0 Å². The highest BCUT2D eigenvalue weighted by molar-refractivity contribution is 7.99. The fourth-order valence-corrected chi connectivity index (χ4v) is 4.88. The monoisotopic (exact) mass is 464 g/mol. The van der Waals surface area contributed by atoms with Gasteiger partial charge in [-0.3, -0.25) is 0 Å². The third-order valence-corrected chi connectivity index (χ3v) is 6.95. The molecule has 3 rings (SSSR count). The smallest absolute Gasteiger partial charge is 0.405 e. The number of piperidine rings is 1. The van der Waals surface area contributed by atoms with Gasteiger partial charge in [0.05, 0.1) is 11.2 Å². The molecule has 1 aromatic carbocycles. The van der Waals surface area contributed by atoms with Crippen LogP contribution in [0.3, 0.4) is 0 Å². The van der Waals surface area contributed by atoms with Crippen LogP contribution in [0.25, 0.3) is 0 Å². The van der Waals surface area contributed by atoms with E-state index in [0.717, 1.165) is 4.90 Å². The van der Waals surface area contributed by atoms with Gasteiger partial charge in [0.15, 0.2) is 5.82 Å². The lowest BCUT2D eigenvalue weighted by Gasteiger charge is -2.49. The highest BCUT2D eigenvalue weighted by Gasteiger charge is 2.44. The molecule has 2 atom stereocenters. The van der Waals surface area contributed by atoms with Crippen molar-refractivity contribution in [1.82, 2.24) is 9.97 Å². The minimum Gasteiger partial charge on any atom is -0.443 e. The summed E-state index contributed by atoms with van der Waals surface area (Å²) in [5.74, 6) is 1.01. The van der Waals surface area contributed by atoms with Crippen molar-refractivity contribution in [2.24, 2.45) is 11.1 Å². The molecular weight excluding hydrogens is 436 g/mol. The first kappa shape index (κ1) is 23.3. The third-order valence-electron chi connectivity index (χ3n) is 5.44. The van der Waals surface area contributed by atoms with Crippen molar-refractivity contribution in [2.75, 3.05) is 22.9 Å². The molecule has 1 aliphatic rings. The number of rotatable bonds is 4. The maximum atomic E-state index is 11.4. The van der Waals surface area contributed by atoms with E-state index in [9.17, 15) is 4.79 Å². The van der Waals surface area contributed by atoms with E-state index >= 15 is 0 Å². The molecule has 0 bridgehead atoms. The summed E-state index contributed by atoms with van der Waals surface area (Å²) in [6.07, 6.45) is 2.22. The third kappa shape index (κ3) is 5.46. The van der Waals surface area contributed by atoms with Gasteiger partial charge in [-0.2, -0.15) is 0 Å². The van der Waals surface area contributed by atoms with Crippen molar-refractivity contribution in [2.45, 2.75) is 62.1 Å². The molecule has 1 saturated heterocycles. The van der Waals surface area contributed by atoms with Gasteiger partial charge in [0.1, 0.15) is 16.4 Å². The lowest BCUT2D eigenvalue weighted by atomic mass is 9.75. The second kappa shape index (κ2) is 8.63. The summed E-state index contributed by atoms with van der Waals surface area (Å²) in [4.78, 5) is 23.6. The molecule has 2 aromatic rings.